The summed E-state index contributed by atoms with van der Waals surface area (Å²) in [4.78, 5) is 27.6. The Morgan fingerprint density at radius 3 is 2.65 bits per heavy atom. The molecule has 1 N–H and O–H groups in total. The number of benzene rings is 1. The lowest BCUT2D eigenvalue weighted by atomic mass is 10.1. The Balaban J connectivity index is 1.95. The van der Waals surface area contributed by atoms with E-state index in [4.69, 9.17) is 0 Å². The van der Waals surface area contributed by atoms with Crippen LogP contribution in [0.1, 0.15) is 17.5 Å². The van der Waals surface area contributed by atoms with Gasteiger partial charge in [-0.2, -0.15) is 13.2 Å². The maximum atomic E-state index is 14.0. The third-order valence-electron chi connectivity index (χ3n) is 4.24. The Bertz CT molecular complexity index is 676. The molecule has 2 amide bonds. The molecule has 1 atom stereocenters. The van der Waals surface area contributed by atoms with E-state index in [9.17, 15) is 27.2 Å². The fraction of sp³-hybridized carbons (Fsp3) is 0.529. The number of alkyl halides is 3. The van der Waals surface area contributed by atoms with Crippen LogP contribution in [0.25, 0.3) is 0 Å². The van der Waals surface area contributed by atoms with Crippen LogP contribution < -0.4 is 5.32 Å². The van der Waals surface area contributed by atoms with E-state index in [1.54, 1.807) is 4.90 Å². The number of carbonyl (C=O) groups is 2. The number of amides is 2. The van der Waals surface area contributed by atoms with Crippen molar-refractivity contribution >= 4 is 11.8 Å². The van der Waals surface area contributed by atoms with Crippen LogP contribution in [0.15, 0.2) is 18.2 Å². The summed E-state index contributed by atoms with van der Waals surface area (Å²) >= 11 is 0. The number of likely N-dealkylation sites (tertiary alicyclic amines) is 1. The van der Waals surface area contributed by atoms with Crippen molar-refractivity contribution in [3.8, 4) is 0 Å². The van der Waals surface area contributed by atoms with Crippen molar-refractivity contribution < 1.29 is 27.2 Å². The Kier molecular flexibility index (Phi) is 6.22. The zero-order valence-corrected chi connectivity index (χ0v) is 14.6. The Morgan fingerprint density at radius 2 is 2.04 bits per heavy atom. The lowest BCUT2D eigenvalue weighted by Gasteiger charge is -2.19. The van der Waals surface area contributed by atoms with Gasteiger partial charge in [0.1, 0.15) is 5.82 Å². The molecule has 0 saturated carbocycles. The highest BCUT2D eigenvalue weighted by molar-refractivity contribution is 5.89. The smallest absolute Gasteiger partial charge is 0.352 e. The van der Waals surface area contributed by atoms with Gasteiger partial charge in [-0.1, -0.05) is 12.1 Å². The Morgan fingerprint density at radius 1 is 1.35 bits per heavy atom. The molecular weight excluding hydrogens is 354 g/mol. The van der Waals surface area contributed by atoms with Crippen molar-refractivity contribution in [2.45, 2.75) is 19.1 Å². The monoisotopic (exact) mass is 375 g/mol. The SMILES string of the molecule is CN(C)CCN1C[C@H](C(=O)NCc2cccc(C(F)(F)F)c2F)CC1=O. The molecule has 9 heteroatoms. The van der Waals surface area contributed by atoms with Crippen molar-refractivity contribution in [1.82, 2.24) is 15.1 Å². The van der Waals surface area contributed by atoms with Gasteiger partial charge in [0, 0.05) is 38.2 Å². The largest absolute Gasteiger partial charge is 0.419 e. The average molecular weight is 375 g/mol. The van der Waals surface area contributed by atoms with Crippen LogP contribution in [0.5, 0.6) is 0 Å². The number of nitrogens with zero attached hydrogens (tertiary/aromatic N) is 2. The number of nitrogens with one attached hydrogen (secondary N) is 1. The van der Waals surface area contributed by atoms with Crippen molar-refractivity contribution in [3.05, 3.63) is 35.1 Å². The molecule has 144 valence electrons. The minimum absolute atomic E-state index is 0.0460. The summed E-state index contributed by atoms with van der Waals surface area (Å²) in [5, 5.41) is 2.43. The van der Waals surface area contributed by atoms with Crippen molar-refractivity contribution in [3.63, 3.8) is 0 Å². The highest BCUT2D eigenvalue weighted by Crippen LogP contribution is 2.32. The van der Waals surface area contributed by atoms with Gasteiger partial charge in [-0.15, -0.1) is 0 Å². The minimum Gasteiger partial charge on any atom is -0.352 e. The van der Waals surface area contributed by atoms with Crippen LogP contribution in [0, 0.1) is 11.7 Å². The molecule has 1 aliphatic heterocycles. The third-order valence-corrected chi connectivity index (χ3v) is 4.24. The third kappa shape index (κ3) is 4.94. The predicted octanol–water partition coefficient (Wildman–Crippen LogP) is 1.87. The van der Waals surface area contributed by atoms with E-state index in [1.165, 1.54) is 6.07 Å². The lowest BCUT2D eigenvalue weighted by Crippen LogP contribution is -2.35. The molecule has 1 aromatic rings. The molecule has 2 rings (SSSR count). The summed E-state index contributed by atoms with van der Waals surface area (Å²) in [6, 6.07) is 2.93. The van der Waals surface area contributed by atoms with Crippen LogP contribution >= 0.6 is 0 Å². The van der Waals surface area contributed by atoms with Gasteiger partial charge in [0.05, 0.1) is 11.5 Å². The first kappa shape index (κ1) is 20.2. The fourth-order valence-electron chi connectivity index (χ4n) is 2.75. The molecule has 1 aromatic carbocycles. The van der Waals surface area contributed by atoms with Gasteiger partial charge >= 0.3 is 6.18 Å². The quantitative estimate of drug-likeness (QED) is 0.773. The van der Waals surface area contributed by atoms with E-state index in [0.29, 0.717) is 19.2 Å². The van der Waals surface area contributed by atoms with E-state index in [1.807, 2.05) is 19.0 Å². The summed E-state index contributed by atoms with van der Waals surface area (Å²) < 4.78 is 52.1. The Hall–Kier alpha value is -2.16. The van der Waals surface area contributed by atoms with Crippen molar-refractivity contribution in [2.24, 2.45) is 5.92 Å². The molecular formula is C17H21F4N3O2. The zero-order chi connectivity index (χ0) is 19.5. The molecule has 0 spiro atoms. The molecule has 0 bridgehead atoms. The van der Waals surface area contributed by atoms with Crippen molar-refractivity contribution in [2.75, 3.05) is 33.7 Å². The van der Waals surface area contributed by atoms with Gasteiger partial charge in [-0.05, 0) is 20.2 Å². The van der Waals surface area contributed by atoms with Crippen LogP contribution in [0.2, 0.25) is 0 Å². The molecule has 1 fully saturated rings. The van der Waals surface area contributed by atoms with Gasteiger partial charge in [-0.3, -0.25) is 9.59 Å². The normalized spacial score (nSPS) is 17.9. The number of rotatable bonds is 6. The highest BCUT2D eigenvalue weighted by atomic mass is 19.4. The van der Waals surface area contributed by atoms with Gasteiger partial charge in [-0.25, -0.2) is 4.39 Å². The van der Waals surface area contributed by atoms with Crippen LogP contribution in [-0.4, -0.2) is 55.3 Å². The first-order chi connectivity index (χ1) is 12.1. The highest BCUT2D eigenvalue weighted by Gasteiger charge is 2.36. The lowest BCUT2D eigenvalue weighted by molar-refractivity contribution is -0.140. The van der Waals surface area contributed by atoms with E-state index in [0.717, 1.165) is 6.07 Å². The molecule has 26 heavy (non-hydrogen) atoms. The van der Waals surface area contributed by atoms with E-state index >= 15 is 0 Å². The number of hydrogen-bond donors (Lipinski definition) is 1. The number of carbonyl (C=O) groups excluding carboxylic acids is 2. The zero-order valence-electron chi connectivity index (χ0n) is 14.6. The van der Waals surface area contributed by atoms with Gasteiger partial charge in [0.25, 0.3) is 0 Å². The second-order valence-corrected chi connectivity index (χ2v) is 6.54. The van der Waals surface area contributed by atoms with Crippen LogP contribution in [0.3, 0.4) is 0 Å². The molecule has 0 aliphatic carbocycles. The molecule has 1 heterocycles. The predicted molar refractivity (Wildman–Crippen MR) is 86.5 cm³/mol. The molecule has 1 saturated heterocycles. The summed E-state index contributed by atoms with van der Waals surface area (Å²) in [6.45, 7) is 1.05. The molecule has 0 radical (unpaired) electrons. The first-order valence-corrected chi connectivity index (χ1v) is 8.14. The molecule has 5 nitrogen and oxygen atoms in total. The topological polar surface area (TPSA) is 52.6 Å². The number of hydrogen-bond acceptors (Lipinski definition) is 3. The van der Waals surface area contributed by atoms with Crippen molar-refractivity contribution in [1.29, 1.82) is 0 Å². The summed E-state index contributed by atoms with van der Waals surface area (Å²) in [5.41, 5.74) is -1.61. The van der Waals surface area contributed by atoms with E-state index < -0.39 is 29.4 Å². The second kappa shape index (κ2) is 8.03. The second-order valence-electron chi connectivity index (χ2n) is 6.54. The maximum absolute atomic E-state index is 14.0. The van der Waals surface area contributed by atoms with Crippen LogP contribution in [0.4, 0.5) is 17.6 Å². The summed E-state index contributed by atoms with van der Waals surface area (Å²) in [7, 11) is 3.74. The van der Waals surface area contributed by atoms with Gasteiger partial charge < -0.3 is 15.1 Å². The summed E-state index contributed by atoms with van der Waals surface area (Å²) in [5.74, 6) is -2.59. The van der Waals surface area contributed by atoms with Gasteiger partial charge in [0.2, 0.25) is 11.8 Å². The minimum atomic E-state index is -4.80. The summed E-state index contributed by atoms with van der Waals surface area (Å²) in [6.07, 6.45) is -4.75. The Labute approximate surface area is 148 Å². The molecule has 1 aliphatic rings. The molecule has 0 aromatic heterocycles. The van der Waals surface area contributed by atoms with E-state index in [2.05, 4.69) is 5.32 Å². The number of halogens is 4. The van der Waals surface area contributed by atoms with E-state index in [-0.39, 0.29) is 31.0 Å². The maximum Gasteiger partial charge on any atom is 0.419 e. The van der Waals surface area contributed by atoms with Gasteiger partial charge in [0.15, 0.2) is 0 Å². The first-order valence-electron chi connectivity index (χ1n) is 8.14. The fourth-order valence-corrected chi connectivity index (χ4v) is 2.75. The molecule has 0 unspecified atom stereocenters. The van der Waals surface area contributed by atoms with Crippen LogP contribution in [-0.2, 0) is 22.3 Å². The standard InChI is InChI=1S/C17H21F4N3O2/c1-23(2)6-7-24-10-12(8-14(24)25)16(26)22-9-11-4-3-5-13(15(11)18)17(19,20)21/h3-5,12H,6-10H2,1-2H3,(H,22,26)/t12-/m1/s1. The average Bonchev–Trinajstić information content (AvgIpc) is 2.91. The number of likely N-dealkylation sites (N-methyl/N-ethyl adjacent to an activating group) is 1.